The maximum Gasteiger partial charge on any atom is 0.248 e. The summed E-state index contributed by atoms with van der Waals surface area (Å²) in [5.74, 6) is 0.0408. The first-order valence-corrected chi connectivity index (χ1v) is 6.41. The number of hydrogen-bond donors (Lipinski definition) is 0. The summed E-state index contributed by atoms with van der Waals surface area (Å²) in [6.07, 6.45) is 0.933. The number of amides is 1. The Morgan fingerprint density at radius 3 is 2.17 bits per heavy atom. The van der Waals surface area contributed by atoms with Crippen LogP contribution in [0.2, 0.25) is 0 Å². The zero-order valence-electron chi connectivity index (χ0n) is 11.9. The van der Waals surface area contributed by atoms with Gasteiger partial charge in [-0.05, 0) is 6.42 Å². The summed E-state index contributed by atoms with van der Waals surface area (Å²) in [4.78, 5) is 24.3. The lowest BCUT2D eigenvalue weighted by atomic mass is 10.1. The summed E-state index contributed by atoms with van der Waals surface area (Å²) in [6, 6.07) is 0. The van der Waals surface area contributed by atoms with Gasteiger partial charge in [-0.2, -0.15) is 0 Å². The van der Waals surface area contributed by atoms with Gasteiger partial charge in [0.05, 0.1) is 13.2 Å². The lowest BCUT2D eigenvalue weighted by Gasteiger charge is -2.15. The van der Waals surface area contributed by atoms with Crippen LogP contribution in [0.3, 0.4) is 0 Å². The molecule has 0 atom stereocenters. The van der Waals surface area contributed by atoms with Gasteiger partial charge in [-0.25, -0.2) is 0 Å². The normalized spacial score (nSPS) is 10.7. The molecule has 0 heterocycles. The Bertz CT molecular complexity index is 253. The van der Waals surface area contributed by atoms with E-state index in [1.54, 1.807) is 11.9 Å². The van der Waals surface area contributed by atoms with Crippen molar-refractivity contribution in [2.45, 2.75) is 27.2 Å². The minimum atomic E-state index is -0.0323. The van der Waals surface area contributed by atoms with Crippen molar-refractivity contribution in [1.82, 2.24) is 4.90 Å². The summed E-state index contributed by atoms with van der Waals surface area (Å²) in [7, 11) is 1.76. The molecule has 106 valence electrons. The van der Waals surface area contributed by atoms with E-state index in [4.69, 9.17) is 9.47 Å². The fraction of sp³-hybridized carbons (Fsp3) is 0.846. The largest absolute Gasteiger partial charge is 0.371 e. The van der Waals surface area contributed by atoms with Crippen molar-refractivity contribution in [1.29, 1.82) is 0 Å². The maximum absolute atomic E-state index is 11.5. The van der Waals surface area contributed by atoms with Gasteiger partial charge in [-0.3, -0.25) is 9.59 Å². The van der Waals surface area contributed by atoms with E-state index in [0.29, 0.717) is 13.2 Å². The number of ether oxygens (including phenoxy) is 2. The Balaban J connectivity index is 3.46. The van der Waals surface area contributed by atoms with Crippen molar-refractivity contribution in [3.8, 4) is 0 Å². The minimum absolute atomic E-state index is 0.00445. The van der Waals surface area contributed by atoms with Gasteiger partial charge in [0.2, 0.25) is 5.91 Å². The van der Waals surface area contributed by atoms with E-state index in [1.165, 1.54) is 0 Å². The van der Waals surface area contributed by atoms with Gasteiger partial charge in [-0.15, -0.1) is 0 Å². The molecule has 0 aliphatic heterocycles. The highest BCUT2D eigenvalue weighted by Gasteiger charge is 2.08. The fourth-order valence-electron chi connectivity index (χ4n) is 1.19. The molecule has 0 aromatic heterocycles. The van der Waals surface area contributed by atoms with Crippen LogP contribution >= 0.6 is 0 Å². The molecule has 0 saturated carbocycles. The minimum Gasteiger partial charge on any atom is -0.371 e. The van der Waals surface area contributed by atoms with Crippen LogP contribution in [0.5, 0.6) is 0 Å². The molecule has 0 aromatic rings. The van der Waals surface area contributed by atoms with E-state index in [1.807, 2.05) is 20.8 Å². The van der Waals surface area contributed by atoms with Crippen LogP contribution in [0.25, 0.3) is 0 Å². The molecule has 0 aromatic carbocycles. The van der Waals surface area contributed by atoms with Gasteiger partial charge < -0.3 is 14.4 Å². The van der Waals surface area contributed by atoms with Crippen LogP contribution < -0.4 is 0 Å². The molecule has 1 amide bonds. The fourth-order valence-corrected chi connectivity index (χ4v) is 1.19. The highest BCUT2D eigenvalue weighted by atomic mass is 16.5. The monoisotopic (exact) mass is 259 g/mol. The second-order valence-electron chi connectivity index (χ2n) is 4.54. The molecule has 0 aliphatic carbocycles. The second kappa shape index (κ2) is 10.0. The summed E-state index contributed by atoms with van der Waals surface area (Å²) in [6.45, 7) is 7.28. The number of carbonyl (C=O) groups excluding carboxylic acids is 2. The molecule has 5 heteroatoms. The van der Waals surface area contributed by atoms with Gasteiger partial charge in [0, 0.05) is 19.5 Å². The van der Waals surface area contributed by atoms with E-state index in [0.717, 1.165) is 13.0 Å². The lowest BCUT2D eigenvalue weighted by Crippen LogP contribution is -2.31. The number of rotatable bonds is 10. The predicted octanol–water partition coefficient (Wildman–Crippen LogP) is 1.11. The molecule has 0 unspecified atom stereocenters. The van der Waals surface area contributed by atoms with Crippen molar-refractivity contribution in [3.63, 3.8) is 0 Å². The molecule has 0 rings (SSSR count). The molecule has 0 N–H and O–H groups in total. The van der Waals surface area contributed by atoms with Crippen LogP contribution in [0.1, 0.15) is 27.2 Å². The van der Waals surface area contributed by atoms with Crippen molar-refractivity contribution >= 4 is 11.7 Å². The Morgan fingerprint density at radius 1 is 1.11 bits per heavy atom. The highest BCUT2D eigenvalue weighted by Crippen LogP contribution is 1.94. The standard InChI is InChI=1S/C13H25NO4/c1-5-6-14(4)13(16)10-18-8-7-17-9-12(15)11(2)3/h11H,5-10H2,1-4H3. The van der Waals surface area contributed by atoms with Gasteiger partial charge in [0.15, 0.2) is 5.78 Å². The highest BCUT2D eigenvalue weighted by molar-refractivity contribution is 5.81. The summed E-state index contributed by atoms with van der Waals surface area (Å²) in [5, 5.41) is 0. The number of Topliss-reactive ketones (excluding diaryl/α,β-unsaturated/α-hetero) is 1. The predicted molar refractivity (Wildman–Crippen MR) is 69.4 cm³/mol. The van der Waals surface area contributed by atoms with Crippen molar-refractivity contribution in [2.24, 2.45) is 5.92 Å². The van der Waals surface area contributed by atoms with E-state index in [-0.39, 0.29) is 30.8 Å². The molecule has 0 bridgehead atoms. The first-order valence-electron chi connectivity index (χ1n) is 6.41. The molecule has 0 aliphatic rings. The first-order chi connectivity index (χ1) is 8.49. The number of nitrogens with zero attached hydrogens (tertiary/aromatic N) is 1. The van der Waals surface area contributed by atoms with Crippen molar-refractivity contribution in [3.05, 3.63) is 0 Å². The molecule has 18 heavy (non-hydrogen) atoms. The zero-order valence-corrected chi connectivity index (χ0v) is 11.9. The molecule has 0 radical (unpaired) electrons. The number of carbonyl (C=O) groups is 2. The van der Waals surface area contributed by atoms with Crippen LogP contribution in [0.15, 0.2) is 0 Å². The molecule has 0 saturated heterocycles. The smallest absolute Gasteiger partial charge is 0.248 e. The Morgan fingerprint density at radius 2 is 1.67 bits per heavy atom. The summed E-state index contributed by atoms with van der Waals surface area (Å²) < 4.78 is 10.3. The summed E-state index contributed by atoms with van der Waals surface area (Å²) >= 11 is 0. The summed E-state index contributed by atoms with van der Waals surface area (Å²) in [5.41, 5.74) is 0. The van der Waals surface area contributed by atoms with Crippen molar-refractivity contribution < 1.29 is 19.1 Å². The average Bonchev–Trinajstić information content (AvgIpc) is 2.32. The Kier molecular flexibility index (Phi) is 9.50. The van der Waals surface area contributed by atoms with Crippen LogP contribution in [-0.2, 0) is 19.1 Å². The number of likely N-dealkylation sites (N-methyl/N-ethyl adjacent to an activating group) is 1. The lowest BCUT2D eigenvalue weighted by molar-refractivity contribution is -0.136. The van der Waals surface area contributed by atoms with Crippen LogP contribution in [-0.4, -0.2) is 56.6 Å². The molecular formula is C13H25NO4. The third-order valence-corrected chi connectivity index (χ3v) is 2.47. The molecular weight excluding hydrogens is 234 g/mol. The van der Waals surface area contributed by atoms with E-state index < -0.39 is 0 Å². The van der Waals surface area contributed by atoms with Gasteiger partial charge in [0.1, 0.15) is 13.2 Å². The van der Waals surface area contributed by atoms with E-state index in [2.05, 4.69) is 0 Å². The molecule has 0 fully saturated rings. The third kappa shape index (κ3) is 8.20. The topological polar surface area (TPSA) is 55.8 Å². The van der Waals surface area contributed by atoms with Gasteiger partial charge in [-0.1, -0.05) is 20.8 Å². The zero-order chi connectivity index (χ0) is 14.0. The van der Waals surface area contributed by atoms with Crippen LogP contribution in [0.4, 0.5) is 0 Å². The van der Waals surface area contributed by atoms with Gasteiger partial charge >= 0.3 is 0 Å². The average molecular weight is 259 g/mol. The SMILES string of the molecule is CCCN(C)C(=O)COCCOCC(=O)C(C)C. The molecule has 5 nitrogen and oxygen atoms in total. The third-order valence-electron chi connectivity index (χ3n) is 2.47. The number of hydrogen-bond acceptors (Lipinski definition) is 4. The van der Waals surface area contributed by atoms with Crippen LogP contribution in [0, 0.1) is 5.92 Å². The molecule has 0 spiro atoms. The first kappa shape index (κ1) is 17.1. The second-order valence-corrected chi connectivity index (χ2v) is 4.54. The Labute approximate surface area is 109 Å². The van der Waals surface area contributed by atoms with Gasteiger partial charge in [0.25, 0.3) is 0 Å². The quantitative estimate of drug-likeness (QED) is 0.552. The van der Waals surface area contributed by atoms with E-state index in [9.17, 15) is 9.59 Å². The number of ketones is 1. The maximum atomic E-state index is 11.5. The Hall–Kier alpha value is -0.940. The van der Waals surface area contributed by atoms with E-state index >= 15 is 0 Å². The van der Waals surface area contributed by atoms with Crippen molar-refractivity contribution in [2.75, 3.05) is 40.0 Å².